The number of carboxylic acid groups (broad SMARTS) is 3. The molecule has 0 aromatic rings. The zero-order chi connectivity index (χ0) is 35.6. The summed E-state index contributed by atoms with van der Waals surface area (Å²) in [6.45, 7) is 18.5. The summed E-state index contributed by atoms with van der Waals surface area (Å²) >= 11 is 0. The second-order valence-electron chi connectivity index (χ2n) is 10.5. The molecule has 0 aliphatic heterocycles. The van der Waals surface area contributed by atoms with Crippen LogP contribution in [0.3, 0.4) is 0 Å². The first-order chi connectivity index (χ1) is 21.1. The van der Waals surface area contributed by atoms with E-state index in [0.717, 1.165) is 18.0 Å². The number of aliphatic hydroxyl groups excluding tert-OH is 3. The van der Waals surface area contributed by atoms with Crippen LogP contribution in [0.2, 0.25) is 0 Å². The molecule has 0 radical (unpaired) electrons. The van der Waals surface area contributed by atoms with Crippen LogP contribution in [0, 0.1) is 0 Å². The van der Waals surface area contributed by atoms with Gasteiger partial charge in [-0.2, -0.15) is 0 Å². The third kappa shape index (κ3) is 64.5. The van der Waals surface area contributed by atoms with Gasteiger partial charge in [0.1, 0.15) is 6.09 Å². The van der Waals surface area contributed by atoms with Crippen molar-refractivity contribution in [2.24, 2.45) is 0 Å². The van der Waals surface area contributed by atoms with Crippen LogP contribution in [-0.2, 0) is 14.4 Å². The smallest absolute Gasteiger partial charge is 0.870 e. The van der Waals surface area contributed by atoms with Gasteiger partial charge in [-0.15, -0.1) is 0 Å². The molecule has 0 spiro atoms. The van der Waals surface area contributed by atoms with Crippen molar-refractivity contribution in [1.82, 2.24) is 30.7 Å². The average Bonchev–Trinajstić information content (AvgIpc) is 2.94. The SMILES string of the molecule is CC(C)N(C[C-]=O)CCN(CCO)C(=O)[O-].CC(C)NCCN(CCO)CC(=O)[O-].CC(C)NCCNCCO.CCC(=O)[O-].[Na+].[Na+].[Na+].[Na+].[OH-]. The summed E-state index contributed by atoms with van der Waals surface area (Å²) in [4.78, 5) is 44.9. The van der Waals surface area contributed by atoms with Gasteiger partial charge < -0.3 is 81.0 Å². The largest absolute Gasteiger partial charge is 1.00 e. The number of aliphatic carboxylic acids is 2. The summed E-state index contributed by atoms with van der Waals surface area (Å²) < 4.78 is 0. The van der Waals surface area contributed by atoms with E-state index in [4.69, 9.17) is 15.3 Å². The molecule has 0 aliphatic carbocycles. The van der Waals surface area contributed by atoms with Crippen LogP contribution >= 0.6 is 0 Å². The van der Waals surface area contributed by atoms with Crippen LogP contribution < -0.4 is 149 Å². The summed E-state index contributed by atoms with van der Waals surface area (Å²) in [6, 6.07) is 1.07. The van der Waals surface area contributed by atoms with Crippen molar-refractivity contribution in [3.63, 3.8) is 0 Å². The zero-order valence-corrected chi connectivity index (χ0v) is 40.8. The van der Waals surface area contributed by atoms with Gasteiger partial charge in [0.05, 0.1) is 25.8 Å². The van der Waals surface area contributed by atoms with Crippen LogP contribution in [0.25, 0.3) is 0 Å². The fourth-order valence-corrected chi connectivity index (χ4v) is 3.03. The van der Waals surface area contributed by atoms with Crippen LogP contribution in [0.5, 0.6) is 0 Å². The molecule has 278 valence electrons. The Bertz CT molecular complexity index is 725. The Labute approximate surface area is 388 Å². The predicted molar refractivity (Wildman–Crippen MR) is 168 cm³/mol. The molecule has 0 unspecified atom stereocenters. The van der Waals surface area contributed by atoms with Crippen molar-refractivity contribution in [3.05, 3.63) is 0 Å². The van der Waals surface area contributed by atoms with E-state index >= 15 is 0 Å². The normalized spacial score (nSPS) is 9.50. The monoisotopic (exact) mass is 761 g/mol. The Morgan fingerprint density at radius 2 is 1.16 bits per heavy atom. The van der Waals surface area contributed by atoms with Crippen molar-refractivity contribution in [1.29, 1.82) is 0 Å². The summed E-state index contributed by atoms with van der Waals surface area (Å²) in [5, 5.41) is 65.5. The van der Waals surface area contributed by atoms with Gasteiger partial charge in [0.15, 0.2) is 0 Å². The number of nitrogens with one attached hydrogen (secondary N) is 3. The maximum atomic E-state index is 10.6. The molecule has 1 amide bonds. The second kappa shape index (κ2) is 54.9. The van der Waals surface area contributed by atoms with Gasteiger partial charge in [-0.1, -0.05) is 41.2 Å². The standard InChI is InChI=1S/C10H19N2O4.C9H20N2O3.C7H18N2O.C3H6O2.4Na.H2O/c1-9(2)11(5-7-13)3-4-12(6-8-14)10(15)16;1-8(2)10-3-4-11(5-6-12)7-9(13)14;1-7(2)9-4-3-8-5-6-10;1-2-3(4)5;;;;;/h9,14H,3-6,8H2,1-2H3,(H,15,16);8,10,12H,3-7H2,1-2H3,(H,13,14);7-10H,3-6H2,1-2H3;2H2,1H3,(H,4,5);;;;;1H2/q-1;;;;4*+1;/p-4. The van der Waals surface area contributed by atoms with Crippen molar-refractivity contribution < 1.29 is 174 Å². The van der Waals surface area contributed by atoms with Crippen LogP contribution in [0.15, 0.2) is 0 Å². The number of hydrogen-bond acceptors (Lipinski definition) is 16. The van der Waals surface area contributed by atoms with E-state index in [2.05, 4.69) is 29.8 Å². The van der Waals surface area contributed by atoms with Gasteiger partial charge in [0.25, 0.3) is 0 Å². The molecular formula is C29H61N6Na4O11-. The van der Waals surface area contributed by atoms with Crippen LogP contribution in [0.4, 0.5) is 4.79 Å². The maximum Gasteiger partial charge on any atom is 1.00 e. The predicted octanol–water partition coefficient (Wildman–Crippen LogP) is -17.0. The molecule has 17 nitrogen and oxygen atoms in total. The Hall–Kier alpha value is 1.52. The van der Waals surface area contributed by atoms with Gasteiger partial charge in [0.2, 0.25) is 0 Å². The van der Waals surface area contributed by atoms with Crippen molar-refractivity contribution in [2.75, 3.05) is 91.8 Å². The number of hydrogen-bond donors (Lipinski definition) is 6. The van der Waals surface area contributed by atoms with Crippen molar-refractivity contribution in [2.45, 2.75) is 73.0 Å². The molecule has 0 atom stereocenters. The van der Waals surface area contributed by atoms with Gasteiger partial charge in [0, 0.05) is 89.5 Å². The first-order valence-electron chi connectivity index (χ1n) is 15.3. The molecule has 7 N–H and O–H groups in total. The molecule has 0 rings (SSSR count). The number of amides is 1. The number of carbonyl (C=O) groups is 3. The molecule has 50 heavy (non-hydrogen) atoms. The summed E-state index contributed by atoms with van der Waals surface area (Å²) in [6.07, 6.45) is 0.578. The van der Waals surface area contributed by atoms with E-state index in [1.165, 1.54) is 6.92 Å². The van der Waals surface area contributed by atoms with Gasteiger partial charge in [-0.25, -0.2) is 6.29 Å². The number of rotatable bonds is 23. The second-order valence-corrected chi connectivity index (χ2v) is 10.5. The van der Waals surface area contributed by atoms with Crippen LogP contribution in [-0.4, -0.2) is 170 Å². The molecule has 0 aromatic heterocycles. The molecule has 0 fully saturated rings. The van der Waals surface area contributed by atoms with Gasteiger partial charge in [-0.3, -0.25) is 4.90 Å². The summed E-state index contributed by atoms with van der Waals surface area (Å²) in [5.41, 5.74) is 0. The Kier molecular flexibility index (Phi) is 79.8. The molecule has 0 aliphatic rings. The minimum absolute atomic E-state index is 0. The number of carboxylic acids is 2. The Balaban J connectivity index is -0.0000000654. The molecular weight excluding hydrogens is 700 g/mol. The number of carbonyl (C=O) groups excluding carboxylic acids is 4. The molecule has 0 bridgehead atoms. The number of aliphatic hydroxyl groups is 3. The van der Waals surface area contributed by atoms with Gasteiger partial charge in [-0.05, 0) is 20.3 Å². The quantitative estimate of drug-likeness (QED) is 0.0321. The van der Waals surface area contributed by atoms with Crippen LogP contribution in [0.1, 0.15) is 54.9 Å². The molecule has 21 heteroatoms. The molecule has 0 saturated carbocycles. The number of nitrogens with zero attached hydrogens (tertiary/aromatic N) is 3. The first kappa shape index (κ1) is 72.7. The van der Waals surface area contributed by atoms with E-state index in [1.807, 2.05) is 27.7 Å². The van der Waals surface area contributed by atoms with Crippen molar-refractivity contribution in [3.8, 4) is 0 Å². The minimum Gasteiger partial charge on any atom is -0.870 e. The topological polar surface area (TPSA) is 274 Å². The van der Waals surface area contributed by atoms with E-state index in [9.17, 15) is 34.5 Å². The van der Waals surface area contributed by atoms with E-state index in [1.54, 1.807) is 16.1 Å². The average molecular weight is 762 g/mol. The van der Waals surface area contributed by atoms with Gasteiger partial charge >= 0.3 is 118 Å². The molecule has 0 aromatic carbocycles. The van der Waals surface area contributed by atoms with Crippen molar-refractivity contribution >= 4 is 24.3 Å². The van der Waals surface area contributed by atoms with E-state index in [0.29, 0.717) is 44.8 Å². The maximum absolute atomic E-state index is 10.6. The van der Waals surface area contributed by atoms with E-state index < -0.39 is 18.0 Å². The van der Waals surface area contributed by atoms with E-state index in [-0.39, 0.29) is 182 Å². The fraction of sp³-hybridized carbons (Fsp3) is 0.862. The Morgan fingerprint density at radius 1 is 0.680 bits per heavy atom. The minimum atomic E-state index is -1.31. The first-order valence-corrected chi connectivity index (χ1v) is 15.3. The molecule has 0 heterocycles. The molecule has 0 saturated heterocycles. The summed E-state index contributed by atoms with van der Waals surface area (Å²) in [7, 11) is 0. The zero-order valence-electron chi connectivity index (χ0n) is 32.8. The Morgan fingerprint density at radius 3 is 1.50 bits per heavy atom. The fourth-order valence-electron chi connectivity index (χ4n) is 3.03. The third-order valence-corrected chi connectivity index (χ3v) is 5.46. The third-order valence-electron chi connectivity index (χ3n) is 5.46. The summed E-state index contributed by atoms with van der Waals surface area (Å²) in [5.74, 6) is -2.10.